The van der Waals surface area contributed by atoms with E-state index in [0.29, 0.717) is 23.1 Å². The molecule has 1 aliphatic rings. The molecule has 1 aliphatic heterocycles. The Bertz CT molecular complexity index is 576. The van der Waals surface area contributed by atoms with Gasteiger partial charge >= 0.3 is 5.97 Å². The van der Waals surface area contributed by atoms with Crippen LogP contribution in [0.5, 0.6) is 5.75 Å². The minimum atomic E-state index is -3.31. The lowest BCUT2D eigenvalue weighted by molar-refractivity contribution is -0.137. The quantitative estimate of drug-likeness (QED) is 0.905. The predicted molar refractivity (Wildman–Crippen MR) is 66.8 cm³/mol. The first kappa shape index (κ1) is 13.8. The van der Waals surface area contributed by atoms with Crippen molar-refractivity contribution in [3.05, 3.63) is 33.9 Å². The molecule has 102 valence electrons. The van der Waals surface area contributed by atoms with Gasteiger partial charge in [0.1, 0.15) is 5.75 Å². The molecule has 1 aromatic carbocycles. The highest BCUT2D eigenvalue weighted by molar-refractivity contribution is 6.31. The molecule has 0 saturated carbocycles. The molecule has 1 unspecified atom stereocenters. The van der Waals surface area contributed by atoms with Gasteiger partial charge < -0.3 is 9.84 Å². The first-order valence-corrected chi connectivity index (χ1v) is 5.87. The second kappa shape index (κ2) is 4.49. The summed E-state index contributed by atoms with van der Waals surface area (Å²) in [5, 5.41) is 9.39. The lowest BCUT2D eigenvalue weighted by atomic mass is 9.97. The van der Waals surface area contributed by atoms with Crippen LogP contribution in [0.1, 0.15) is 18.1 Å². The third-order valence-corrected chi connectivity index (χ3v) is 3.24. The first-order valence-electron chi connectivity index (χ1n) is 5.49. The Morgan fingerprint density at radius 1 is 1.47 bits per heavy atom. The van der Waals surface area contributed by atoms with Crippen LogP contribution < -0.4 is 4.74 Å². The van der Waals surface area contributed by atoms with Crippen LogP contribution in [0.3, 0.4) is 0 Å². The summed E-state index contributed by atoms with van der Waals surface area (Å²) in [7, 11) is 0. The molecule has 3 nitrogen and oxygen atoms in total. The number of alkyl halides is 2. The van der Waals surface area contributed by atoms with Crippen molar-refractivity contribution in [1.82, 2.24) is 0 Å². The standard InChI is InChI=1S/C13H11ClF2O3/c1-6-3-7-4-8(12(17)18)11(13(2,15)16)19-10(7)5-9(6)14/h3-5,11H,1-2H3,(H,17,18). The number of carboxylic acids is 1. The Morgan fingerprint density at radius 3 is 2.63 bits per heavy atom. The lowest BCUT2D eigenvalue weighted by Crippen LogP contribution is -2.41. The van der Waals surface area contributed by atoms with Crippen molar-refractivity contribution < 1.29 is 23.4 Å². The van der Waals surface area contributed by atoms with Crippen LogP contribution in [0, 0.1) is 6.92 Å². The molecule has 0 aliphatic carbocycles. The van der Waals surface area contributed by atoms with E-state index in [-0.39, 0.29) is 5.75 Å². The summed E-state index contributed by atoms with van der Waals surface area (Å²) in [6, 6.07) is 3.02. The second-order valence-corrected chi connectivity index (χ2v) is 4.91. The van der Waals surface area contributed by atoms with E-state index in [1.165, 1.54) is 12.1 Å². The average molecular weight is 289 g/mol. The monoisotopic (exact) mass is 288 g/mol. The lowest BCUT2D eigenvalue weighted by Gasteiger charge is -2.29. The zero-order valence-electron chi connectivity index (χ0n) is 10.2. The van der Waals surface area contributed by atoms with Crippen molar-refractivity contribution in [2.24, 2.45) is 0 Å². The molecular weight excluding hydrogens is 278 g/mol. The maximum atomic E-state index is 13.4. The summed E-state index contributed by atoms with van der Waals surface area (Å²) in [5.41, 5.74) is 0.674. The van der Waals surface area contributed by atoms with E-state index in [4.69, 9.17) is 21.4 Å². The van der Waals surface area contributed by atoms with Crippen LogP contribution >= 0.6 is 11.6 Å². The fourth-order valence-electron chi connectivity index (χ4n) is 1.88. The third kappa shape index (κ3) is 2.56. The van der Waals surface area contributed by atoms with E-state index in [0.717, 1.165) is 0 Å². The smallest absolute Gasteiger partial charge is 0.335 e. The molecule has 6 heteroatoms. The summed E-state index contributed by atoms with van der Waals surface area (Å²) in [6.07, 6.45) is -0.622. The van der Waals surface area contributed by atoms with Gasteiger partial charge in [-0.2, -0.15) is 0 Å². The van der Waals surface area contributed by atoms with Crippen LogP contribution in [-0.2, 0) is 4.79 Å². The number of carboxylic acid groups (broad SMARTS) is 1. The Morgan fingerprint density at radius 2 is 2.11 bits per heavy atom. The number of hydrogen-bond acceptors (Lipinski definition) is 2. The predicted octanol–water partition coefficient (Wildman–Crippen LogP) is 3.53. The molecule has 1 aromatic rings. The van der Waals surface area contributed by atoms with Gasteiger partial charge in [-0.3, -0.25) is 0 Å². The minimum Gasteiger partial charge on any atom is -0.478 e. The van der Waals surface area contributed by atoms with Crippen LogP contribution in [-0.4, -0.2) is 23.1 Å². The molecule has 1 N–H and O–H groups in total. The molecule has 19 heavy (non-hydrogen) atoms. The maximum Gasteiger partial charge on any atom is 0.335 e. The van der Waals surface area contributed by atoms with Crippen molar-refractivity contribution >= 4 is 23.6 Å². The minimum absolute atomic E-state index is 0.159. The number of fused-ring (bicyclic) bond motifs is 1. The molecule has 2 rings (SSSR count). The maximum absolute atomic E-state index is 13.4. The molecule has 0 aromatic heterocycles. The number of hydrogen-bond donors (Lipinski definition) is 1. The average Bonchev–Trinajstić information content (AvgIpc) is 2.27. The van der Waals surface area contributed by atoms with Gasteiger partial charge in [-0.05, 0) is 30.7 Å². The molecule has 0 fully saturated rings. The summed E-state index contributed by atoms with van der Waals surface area (Å²) >= 11 is 5.90. The van der Waals surface area contributed by atoms with E-state index < -0.39 is 23.6 Å². The fourth-order valence-corrected chi connectivity index (χ4v) is 2.04. The van der Waals surface area contributed by atoms with Gasteiger partial charge in [-0.25, -0.2) is 13.6 Å². The fraction of sp³-hybridized carbons (Fsp3) is 0.308. The van der Waals surface area contributed by atoms with Crippen LogP contribution in [0.15, 0.2) is 17.7 Å². The molecule has 0 bridgehead atoms. The van der Waals surface area contributed by atoms with Crippen LogP contribution in [0.2, 0.25) is 5.02 Å². The molecule has 1 heterocycles. The molecule has 0 radical (unpaired) electrons. The van der Waals surface area contributed by atoms with E-state index >= 15 is 0 Å². The van der Waals surface area contributed by atoms with Gasteiger partial charge in [0.05, 0.1) is 5.57 Å². The molecular formula is C13H11ClF2O3. The molecule has 0 saturated heterocycles. The number of rotatable bonds is 2. The Balaban J connectivity index is 2.57. The summed E-state index contributed by atoms with van der Waals surface area (Å²) in [4.78, 5) is 11.1. The van der Waals surface area contributed by atoms with Gasteiger partial charge in [0.25, 0.3) is 5.92 Å². The van der Waals surface area contributed by atoms with E-state index in [1.807, 2.05) is 0 Å². The number of ether oxygens (including phenoxy) is 1. The number of halogens is 3. The highest BCUT2D eigenvalue weighted by Gasteiger charge is 2.43. The number of benzene rings is 1. The normalized spacial score (nSPS) is 18.4. The highest BCUT2D eigenvalue weighted by atomic mass is 35.5. The molecule has 0 amide bonds. The van der Waals surface area contributed by atoms with Gasteiger partial charge in [0, 0.05) is 17.5 Å². The zero-order valence-corrected chi connectivity index (χ0v) is 11.0. The van der Waals surface area contributed by atoms with Crippen molar-refractivity contribution in [1.29, 1.82) is 0 Å². The third-order valence-electron chi connectivity index (χ3n) is 2.84. The van der Waals surface area contributed by atoms with Crippen molar-refractivity contribution in [3.8, 4) is 5.75 Å². The highest BCUT2D eigenvalue weighted by Crippen LogP contribution is 2.38. The number of aliphatic carboxylic acids is 1. The number of aryl methyl sites for hydroxylation is 1. The molecule has 0 spiro atoms. The molecule has 1 atom stereocenters. The van der Waals surface area contributed by atoms with Crippen LogP contribution in [0.25, 0.3) is 6.08 Å². The largest absolute Gasteiger partial charge is 0.478 e. The summed E-state index contributed by atoms with van der Waals surface area (Å²) in [6.45, 7) is 2.35. The van der Waals surface area contributed by atoms with Crippen molar-refractivity contribution in [2.75, 3.05) is 0 Å². The summed E-state index contributed by atoms with van der Waals surface area (Å²) in [5.74, 6) is -4.57. The number of carbonyl (C=O) groups is 1. The van der Waals surface area contributed by atoms with Gasteiger partial charge in [0.15, 0.2) is 6.10 Å². The van der Waals surface area contributed by atoms with E-state index in [1.54, 1.807) is 13.0 Å². The zero-order chi connectivity index (χ0) is 14.4. The Hall–Kier alpha value is -1.62. The second-order valence-electron chi connectivity index (χ2n) is 4.50. The van der Waals surface area contributed by atoms with E-state index in [2.05, 4.69) is 0 Å². The Kier molecular flexibility index (Phi) is 3.26. The van der Waals surface area contributed by atoms with Crippen LogP contribution in [0.4, 0.5) is 8.78 Å². The van der Waals surface area contributed by atoms with E-state index in [9.17, 15) is 13.6 Å². The first-order chi connectivity index (χ1) is 8.70. The van der Waals surface area contributed by atoms with Crippen molar-refractivity contribution in [3.63, 3.8) is 0 Å². The van der Waals surface area contributed by atoms with Crippen molar-refractivity contribution in [2.45, 2.75) is 25.9 Å². The van der Waals surface area contributed by atoms with Gasteiger partial charge in [-0.1, -0.05) is 11.6 Å². The SMILES string of the molecule is Cc1cc2c(cc1Cl)OC(C(C)(F)F)C(C(=O)O)=C2. The summed E-state index contributed by atoms with van der Waals surface area (Å²) < 4.78 is 32.0. The van der Waals surface area contributed by atoms with Gasteiger partial charge in [0.2, 0.25) is 0 Å². The Labute approximate surface area is 113 Å². The topological polar surface area (TPSA) is 46.5 Å². The van der Waals surface area contributed by atoms with Gasteiger partial charge in [-0.15, -0.1) is 0 Å².